The molecule has 2 aromatic rings. The first-order chi connectivity index (χ1) is 12.1. The predicted molar refractivity (Wildman–Crippen MR) is 97.6 cm³/mol. The average Bonchev–Trinajstić information content (AvgIpc) is 2.99. The van der Waals surface area contributed by atoms with Crippen molar-refractivity contribution in [1.29, 1.82) is 0 Å². The number of hydrogen-bond donors (Lipinski definition) is 2. The number of fused-ring (bicyclic) bond motifs is 1. The highest BCUT2D eigenvalue weighted by molar-refractivity contribution is 5.59. The van der Waals surface area contributed by atoms with Gasteiger partial charge in [-0.05, 0) is 33.2 Å². The molecule has 2 aromatic heterocycles. The zero-order chi connectivity index (χ0) is 17.8. The second-order valence-corrected chi connectivity index (χ2v) is 6.82. The number of nitrogens with one attached hydrogen (secondary N) is 1. The van der Waals surface area contributed by atoms with Crippen LogP contribution in [0.1, 0.15) is 45.2 Å². The van der Waals surface area contributed by atoms with Crippen molar-refractivity contribution in [3.05, 3.63) is 11.9 Å². The van der Waals surface area contributed by atoms with Gasteiger partial charge in [0.2, 0.25) is 0 Å². The summed E-state index contributed by atoms with van der Waals surface area (Å²) in [6.45, 7) is 7.09. The van der Waals surface area contributed by atoms with Crippen LogP contribution in [0.3, 0.4) is 0 Å². The Labute approximate surface area is 148 Å². The molecule has 1 atom stereocenters. The molecule has 1 saturated heterocycles. The summed E-state index contributed by atoms with van der Waals surface area (Å²) in [5, 5.41) is 7.88. The molecule has 25 heavy (non-hydrogen) atoms. The third-order valence-corrected chi connectivity index (χ3v) is 4.82. The number of nitrogens with zero attached hydrogens (tertiary/aromatic N) is 5. The van der Waals surface area contributed by atoms with Crippen molar-refractivity contribution in [1.82, 2.24) is 29.8 Å². The number of anilines is 1. The van der Waals surface area contributed by atoms with Crippen molar-refractivity contribution >= 4 is 11.5 Å². The predicted octanol–water partition coefficient (Wildman–Crippen LogP) is 1.46. The number of likely N-dealkylation sites (tertiary alicyclic amines) is 1. The van der Waals surface area contributed by atoms with E-state index in [0.717, 1.165) is 51.0 Å². The van der Waals surface area contributed by atoms with E-state index in [-0.39, 0.29) is 6.10 Å². The zero-order valence-electron chi connectivity index (χ0n) is 15.4. The first-order valence-electron chi connectivity index (χ1n) is 9.17. The van der Waals surface area contributed by atoms with Crippen molar-refractivity contribution < 1.29 is 4.74 Å². The molecule has 1 aliphatic rings. The molecule has 1 unspecified atom stereocenters. The maximum absolute atomic E-state index is 6.05. The van der Waals surface area contributed by atoms with Crippen molar-refractivity contribution in [3.63, 3.8) is 0 Å². The number of ether oxygens (including phenoxy) is 1. The summed E-state index contributed by atoms with van der Waals surface area (Å²) in [5.41, 5.74) is 7.66. The molecule has 0 radical (unpaired) electrons. The molecule has 1 aliphatic heterocycles. The molecular formula is C17H29N7O. The Morgan fingerprint density at radius 1 is 1.40 bits per heavy atom. The van der Waals surface area contributed by atoms with E-state index in [1.165, 1.54) is 0 Å². The van der Waals surface area contributed by atoms with Gasteiger partial charge in [0.1, 0.15) is 0 Å². The van der Waals surface area contributed by atoms with Gasteiger partial charge < -0.3 is 15.8 Å². The van der Waals surface area contributed by atoms with Crippen LogP contribution in [0, 0.1) is 0 Å². The molecule has 3 N–H and O–H groups in total. The van der Waals surface area contributed by atoms with E-state index in [1.54, 1.807) is 4.52 Å². The number of nitrogen functional groups attached to an aromatic ring is 1. The van der Waals surface area contributed by atoms with E-state index in [9.17, 15) is 0 Å². The Morgan fingerprint density at radius 2 is 2.16 bits per heavy atom. The zero-order valence-corrected chi connectivity index (χ0v) is 15.4. The Balaban J connectivity index is 1.76. The Morgan fingerprint density at radius 3 is 2.84 bits per heavy atom. The van der Waals surface area contributed by atoms with E-state index in [1.807, 2.05) is 20.2 Å². The molecule has 0 aliphatic carbocycles. The fraction of sp³-hybridized carbons (Fsp3) is 0.706. The first kappa shape index (κ1) is 17.9. The van der Waals surface area contributed by atoms with Crippen molar-refractivity contribution in [2.75, 3.05) is 25.9 Å². The van der Waals surface area contributed by atoms with Crippen molar-refractivity contribution in [3.8, 4) is 6.01 Å². The van der Waals surface area contributed by atoms with Gasteiger partial charge in [-0.1, -0.05) is 13.3 Å². The lowest BCUT2D eigenvalue weighted by Crippen LogP contribution is -2.40. The number of nitrogens with two attached hydrogens (primary N) is 1. The SMILES string of the molecule is CCCC(C)Oc1nc(N)c2ncc(CN3CCC(NC)CC3)n2n1. The third kappa shape index (κ3) is 4.19. The summed E-state index contributed by atoms with van der Waals surface area (Å²) in [7, 11) is 2.03. The second-order valence-electron chi connectivity index (χ2n) is 6.82. The summed E-state index contributed by atoms with van der Waals surface area (Å²) in [4.78, 5) is 11.1. The van der Waals surface area contributed by atoms with Gasteiger partial charge in [-0.3, -0.25) is 4.90 Å². The van der Waals surface area contributed by atoms with E-state index in [0.29, 0.717) is 23.5 Å². The van der Waals surface area contributed by atoms with Crippen LogP contribution >= 0.6 is 0 Å². The Hall–Kier alpha value is -1.93. The van der Waals surface area contributed by atoms with Gasteiger partial charge in [-0.25, -0.2) is 9.50 Å². The standard InChI is InChI=1S/C17H29N7O/c1-4-5-12(2)25-17-21-15(18)16-20-10-14(24(16)22-17)11-23-8-6-13(19-3)7-9-23/h10,12-13,19H,4-9,11H2,1-3H3,(H2,18,21,22). The summed E-state index contributed by atoms with van der Waals surface area (Å²) in [6.07, 6.45) is 6.23. The van der Waals surface area contributed by atoms with Gasteiger partial charge in [0.05, 0.1) is 18.0 Å². The number of aromatic nitrogens is 4. The molecule has 0 aromatic carbocycles. The molecule has 1 fully saturated rings. The number of imidazole rings is 1. The van der Waals surface area contributed by atoms with Crippen LogP contribution in [-0.4, -0.2) is 56.8 Å². The maximum Gasteiger partial charge on any atom is 0.336 e. The largest absolute Gasteiger partial charge is 0.459 e. The summed E-state index contributed by atoms with van der Waals surface area (Å²) in [6, 6.07) is 0.940. The monoisotopic (exact) mass is 347 g/mol. The summed E-state index contributed by atoms with van der Waals surface area (Å²) >= 11 is 0. The Bertz CT molecular complexity index is 694. The molecule has 0 spiro atoms. The lowest BCUT2D eigenvalue weighted by Gasteiger charge is -2.31. The third-order valence-electron chi connectivity index (χ3n) is 4.82. The van der Waals surface area contributed by atoms with Crippen LogP contribution in [0.2, 0.25) is 0 Å². The van der Waals surface area contributed by atoms with Crippen LogP contribution in [0.4, 0.5) is 5.82 Å². The van der Waals surface area contributed by atoms with E-state index in [4.69, 9.17) is 10.5 Å². The van der Waals surface area contributed by atoms with E-state index >= 15 is 0 Å². The van der Waals surface area contributed by atoms with E-state index < -0.39 is 0 Å². The fourth-order valence-corrected chi connectivity index (χ4v) is 3.34. The minimum Gasteiger partial charge on any atom is -0.459 e. The van der Waals surface area contributed by atoms with Gasteiger partial charge >= 0.3 is 6.01 Å². The highest BCUT2D eigenvalue weighted by atomic mass is 16.5. The fourth-order valence-electron chi connectivity index (χ4n) is 3.34. The number of rotatable bonds is 7. The Kier molecular flexibility index (Phi) is 5.70. The van der Waals surface area contributed by atoms with Crippen LogP contribution in [-0.2, 0) is 6.54 Å². The quantitative estimate of drug-likeness (QED) is 0.783. The van der Waals surface area contributed by atoms with Crippen molar-refractivity contribution in [2.24, 2.45) is 0 Å². The van der Waals surface area contributed by atoms with Gasteiger partial charge in [0.15, 0.2) is 11.5 Å². The van der Waals surface area contributed by atoms with Gasteiger partial charge in [0, 0.05) is 25.7 Å². The summed E-state index contributed by atoms with van der Waals surface area (Å²) < 4.78 is 7.59. The maximum atomic E-state index is 6.05. The first-order valence-corrected chi connectivity index (χ1v) is 9.17. The van der Waals surface area contributed by atoms with Crippen LogP contribution in [0.5, 0.6) is 6.01 Å². The average molecular weight is 347 g/mol. The van der Waals surface area contributed by atoms with Gasteiger partial charge in [0.25, 0.3) is 0 Å². The molecule has 3 rings (SSSR count). The lowest BCUT2D eigenvalue weighted by atomic mass is 10.1. The molecule has 3 heterocycles. The highest BCUT2D eigenvalue weighted by Gasteiger charge is 2.20. The molecule has 0 bridgehead atoms. The van der Waals surface area contributed by atoms with Gasteiger partial charge in [-0.15, -0.1) is 5.10 Å². The molecule has 8 heteroatoms. The lowest BCUT2D eigenvalue weighted by molar-refractivity contribution is 0.185. The molecule has 8 nitrogen and oxygen atoms in total. The van der Waals surface area contributed by atoms with Crippen molar-refractivity contribution in [2.45, 2.75) is 58.2 Å². The molecule has 0 amide bonds. The minimum atomic E-state index is 0.0643. The van der Waals surface area contributed by atoms with Crippen LogP contribution in [0.25, 0.3) is 5.65 Å². The minimum absolute atomic E-state index is 0.0643. The van der Waals surface area contributed by atoms with E-state index in [2.05, 4.69) is 32.2 Å². The summed E-state index contributed by atoms with van der Waals surface area (Å²) in [5.74, 6) is 0.355. The highest BCUT2D eigenvalue weighted by Crippen LogP contribution is 2.19. The van der Waals surface area contributed by atoms with Crippen LogP contribution in [0.15, 0.2) is 6.20 Å². The number of piperidine rings is 1. The number of hydrogen-bond acceptors (Lipinski definition) is 7. The normalized spacial score (nSPS) is 17.9. The molecule has 138 valence electrons. The topological polar surface area (TPSA) is 93.6 Å². The van der Waals surface area contributed by atoms with Gasteiger partial charge in [-0.2, -0.15) is 4.98 Å². The molecule has 0 saturated carbocycles. The molecular weight excluding hydrogens is 318 g/mol. The smallest absolute Gasteiger partial charge is 0.336 e. The van der Waals surface area contributed by atoms with Crippen LogP contribution < -0.4 is 15.8 Å². The second kappa shape index (κ2) is 7.97.